The molecule has 0 saturated heterocycles. The van der Waals surface area contributed by atoms with Crippen LogP contribution >= 0.6 is 34.2 Å². The molecule has 94 valence electrons. The summed E-state index contributed by atoms with van der Waals surface area (Å²) in [6.45, 7) is 0. The maximum absolute atomic E-state index is 5.92. The summed E-state index contributed by atoms with van der Waals surface area (Å²) in [7, 11) is 0. The summed E-state index contributed by atoms with van der Waals surface area (Å²) in [6.07, 6.45) is 0. The van der Waals surface area contributed by atoms with Crippen molar-refractivity contribution in [1.82, 2.24) is 9.97 Å². The molecule has 1 aromatic heterocycles. The quantitative estimate of drug-likeness (QED) is 0.477. The second-order valence-corrected chi connectivity index (χ2v) is 5.46. The highest BCUT2D eigenvalue weighted by Crippen LogP contribution is 2.28. The Morgan fingerprint density at radius 3 is 2.68 bits per heavy atom. The van der Waals surface area contributed by atoms with Crippen molar-refractivity contribution in [2.75, 3.05) is 0 Å². The fourth-order valence-corrected chi connectivity index (χ4v) is 2.42. The summed E-state index contributed by atoms with van der Waals surface area (Å²) in [5.41, 5.74) is 0.767. The molecular weight excluding hydrogens is 375 g/mol. The Hall–Kier alpha value is -1.40. The molecule has 0 fully saturated rings. The summed E-state index contributed by atoms with van der Waals surface area (Å²) in [5.74, 6) is 1.20. The first-order valence-electron chi connectivity index (χ1n) is 5.58. The van der Waals surface area contributed by atoms with Crippen molar-refractivity contribution < 1.29 is 4.74 Å². The van der Waals surface area contributed by atoms with Crippen LogP contribution in [0, 0.1) is 3.57 Å². The standard InChI is InChI=1S/C14H8ClIN2O/c15-14-17-12-7-2-1-6-11(12)13(18-14)19-10-5-3-4-9(16)8-10/h1-8H. The predicted molar refractivity (Wildman–Crippen MR) is 83.8 cm³/mol. The predicted octanol–water partition coefficient (Wildman–Crippen LogP) is 4.68. The Balaban J connectivity index is 2.09. The van der Waals surface area contributed by atoms with E-state index in [1.54, 1.807) is 0 Å². The van der Waals surface area contributed by atoms with E-state index < -0.39 is 0 Å². The Kier molecular flexibility index (Phi) is 3.52. The number of rotatable bonds is 2. The van der Waals surface area contributed by atoms with E-state index in [2.05, 4.69) is 32.6 Å². The van der Waals surface area contributed by atoms with E-state index in [0.29, 0.717) is 5.88 Å². The summed E-state index contributed by atoms with van der Waals surface area (Å²) < 4.78 is 6.91. The number of nitrogens with zero attached hydrogens (tertiary/aromatic N) is 2. The smallest absolute Gasteiger partial charge is 0.231 e. The molecule has 0 atom stereocenters. The van der Waals surface area contributed by atoms with E-state index in [0.717, 1.165) is 20.2 Å². The van der Waals surface area contributed by atoms with Gasteiger partial charge < -0.3 is 4.74 Å². The first-order valence-corrected chi connectivity index (χ1v) is 7.04. The third-order valence-electron chi connectivity index (χ3n) is 2.55. The molecule has 0 aliphatic heterocycles. The molecular formula is C14H8ClIN2O. The molecule has 0 amide bonds. The third-order valence-corrected chi connectivity index (χ3v) is 3.39. The molecule has 0 bridgehead atoms. The molecule has 3 aromatic rings. The van der Waals surface area contributed by atoms with E-state index in [9.17, 15) is 0 Å². The minimum atomic E-state index is 0.180. The van der Waals surface area contributed by atoms with Crippen molar-refractivity contribution in [2.24, 2.45) is 0 Å². The number of aromatic nitrogens is 2. The van der Waals surface area contributed by atoms with Crippen LogP contribution in [-0.2, 0) is 0 Å². The van der Waals surface area contributed by atoms with Gasteiger partial charge in [-0.2, -0.15) is 4.98 Å². The van der Waals surface area contributed by atoms with Gasteiger partial charge in [0.15, 0.2) is 0 Å². The molecule has 1 heterocycles. The highest BCUT2D eigenvalue weighted by atomic mass is 127. The fourth-order valence-electron chi connectivity index (χ4n) is 1.74. The van der Waals surface area contributed by atoms with Crippen molar-refractivity contribution in [3.05, 3.63) is 57.4 Å². The Morgan fingerprint density at radius 1 is 1.00 bits per heavy atom. The molecule has 0 radical (unpaired) electrons. The second kappa shape index (κ2) is 5.30. The molecule has 2 aromatic carbocycles. The van der Waals surface area contributed by atoms with E-state index in [4.69, 9.17) is 16.3 Å². The third kappa shape index (κ3) is 2.79. The molecule has 5 heteroatoms. The monoisotopic (exact) mass is 382 g/mol. The van der Waals surface area contributed by atoms with Gasteiger partial charge in [0.25, 0.3) is 0 Å². The van der Waals surface area contributed by atoms with Crippen molar-refractivity contribution in [3.63, 3.8) is 0 Å². The van der Waals surface area contributed by atoms with Gasteiger partial charge in [-0.15, -0.1) is 0 Å². The lowest BCUT2D eigenvalue weighted by Gasteiger charge is -2.08. The summed E-state index contributed by atoms with van der Waals surface area (Å²) in [5, 5.41) is 1.02. The average molecular weight is 383 g/mol. The highest BCUT2D eigenvalue weighted by molar-refractivity contribution is 14.1. The van der Waals surface area contributed by atoms with Gasteiger partial charge in [0.1, 0.15) is 5.75 Å². The Morgan fingerprint density at radius 2 is 1.84 bits per heavy atom. The fraction of sp³-hybridized carbons (Fsp3) is 0. The van der Waals surface area contributed by atoms with Gasteiger partial charge in [-0.3, -0.25) is 0 Å². The van der Waals surface area contributed by atoms with Crippen LogP contribution in [0.5, 0.6) is 11.6 Å². The van der Waals surface area contributed by atoms with Crippen LogP contribution in [0.2, 0.25) is 5.28 Å². The van der Waals surface area contributed by atoms with Gasteiger partial charge in [0.05, 0.1) is 10.9 Å². The van der Waals surface area contributed by atoms with Crippen molar-refractivity contribution in [3.8, 4) is 11.6 Å². The van der Waals surface area contributed by atoms with Crippen LogP contribution in [0.1, 0.15) is 0 Å². The summed E-state index contributed by atoms with van der Waals surface area (Å²) in [4.78, 5) is 8.32. The second-order valence-electron chi connectivity index (χ2n) is 3.87. The molecule has 0 unspecified atom stereocenters. The molecule has 0 aliphatic rings. The number of hydrogen-bond donors (Lipinski definition) is 0. The highest BCUT2D eigenvalue weighted by Gasteiger charge is 2.08. The van der Waals surface area contributed by atoms with Crippen molar-refractivity contribution in [2.45, 2.75) is 0 Å². The SMILES string of the molecule is Clc1nc(Oc2cccc(I)c2)c2ccccc2n1. The minimum absolute atomic E-state index is 0.180. The summed E-state index contributed by atoms with van der Waals surface area (Å²) >= 11 is 8.15. The van der Waals surface area contributed by atoms with Crippen LogP contribution < -0.4 is 4.74 Å². The van der Waals surface area contributed by atoms with Gasteiger partial charge in [-0.1, -0.05) is 18.2 Å². The number of benzene rings is 2. The van der Waals surface area contributed by atoms with Crippen LogP contribution in [0.15, 0.2) is 48.5 Å². The lowest BCUT2D eigenvalue weighted by molar-refractivity contribution is 0.468. The zero-order chi connectivity index (χ0) is 13.2. The van der Waals surface area contributed by atoms with Crippen LogP contribution in [0.25, 0.3) is 10.9 Å². The largest absolute Gasteiger partial charge is 0.438 e. The number of ether oxygens (including phenoxy) is 1. The van der Waals surface area contributed by atoms with E-state index in [1.165, 1.54) is 0 Å². The molecule has 3 rings (SSSR count). The zero-order valence-corrected chi connectivity index (χ0v) is 12.6. The average Bonchev–Trinajstić information content (AvgIpc) is 2.38. The first kappa shape index (κ1) is 12.6. The number of fused-ring (bicyclic) bond motifs is 1. The molecule has 3 nitrogen and oxygen atoms in total. The van der Waals surface area contributed by atoms with Crippen LogP contribution in [-0.4, -0.2) is 9.97 Å². The minimum Gasteiger partial charge on any atom is -0.438 e. The molecule has 0 saturated carbocycles. The van der Waals surface area contributed by atoms with E-state index in [1.807, 2.05) is 48.5 Å². The van der Waals surface area contributed by atoms with Gasteiger partial charge in [-0.25, -0.2) is 4.98 Å². The molecule has 0 spiro atoms. The normalized spacial score (nSPS) is 10.6. The first-order chi connectivity index (χ1) is 9.22. The lowest BCUT2D eigenvalue weighted by Crippen LogP contribution is -1.93. The van der Waals surface area contributed by atoms with Gasteiger partial charge in [-0.05, 0) is 64.5 Å². The zero-order valence-electron chi connectivity index (χ0n) is 9.68. The van der Waals surface area contributed by atoms with Crippen LogP contribution in [0.4, 0.5) is 0 Å². The van der Waals surface area contributed by atoms with Crippen LogP contribution in [0.3, 0.4) is 0 Å². The van der Waals surface area contributed by atoms with E-state index in [-0.39, 0.29) is 5.28 Å². The lowest BCUT2D eigenvalue weighted by atomic mass is 10.2. The van der Waals surface area contributed by atoms with E-state index >= 15 is 0 Å². The van der Waals surface area contributed by atoms with Gasteiger partial charge in [0.2, 0.25) is 11.2 Å². The number of halogens is 2. The van der Waals surface area contributed by atoms with Crippen molar-refractivity contribution in [1.29, 1.82) is 0 Å². The van der Waals surface area contributed by atoms with Crippen molar-refractivity contribution >= 4 is 45.1 Å². The number of para-hydroxylation sites is 1. The van der Waals surface area contributed by atoms with Gasteiger partial charge >= 0.3 is 0 Å². The molecule has 19 heavy (non-hydrogen) atoms. The Bertz CT molecular complexity index is 748. The maximum Gasteiger partial charge on any atom is 0.231 e. The van der Waals surface area contributed by atoms with Gasteiger partial charge in [0, 0.05) is 3.57 Å². The molecule has 0 aliphatic carbocycles. The topological polar surface area (TPSA) is 35.0 Å². The molecule has 0 N–H and O–H groups in total. The Labute approximate surface area is 128 Å². The maximum atomic E-state index is 5.92. The summed E-state index contributed by atoms with van der Waals surface area (Å²) in [6, 6.07) is 15.4. The number of hydrogen-bond acceptors (Lipinski definition) is 3.